The van der Waals surface area contributed by atoms with E-state index in [2.05, 4.69) is 28.5 Å². The fraction of sp³-hybridized carbons (Fsp3) is 0.517. The average molecular weight is 462 g/mol. The smallest absolute Gasteiger partial charge is 0.253 e. The Morgan fingerprint density at radius 2 is 1.59 bits per heavy atom. The molecular formula is C29H39N3O2. The van der Waals surface area contributed by atoms with E-state index in [1.54, 1.807) is 0 Å². The quantitative estimate of drug-likeness (QED) is 0.563. The molecule has 0 bridgehead atoms. The largest absolute Gasteiger partial charge is 0.371 e. The molecule has 2 N–H and O–H groups in total. The van der Waals surface area contributed by atoms with Gasteiger partial charge in [-0.25, -0.2) is 0 Å². The van der Waals surface area contributed by atoms with Crippen LogP contribution in [0, 0.1) is 5.92 Å². The zero-order valence-electron chi connectivity index (χ0n) is 20.5. The minimum Gasteiger partial charge on any atom is -0.371 e. The van der Waals surface area contributed by atoms with E-state index in [9.17, 15) is 9.59 Å². The molecule has 1 saturated heterocycles. The van der Waals surface area contributed by atoms with Gasteiger partial charge in [0.05, 0.1) is 11.5 Å². The summed E-state index contributed by atoms with van der Waals surface area (Å²) in [4.78, 5) is 28.3. The van der Waals surface area contributed by atoms with Gasteiger partial charge in [0.25, 0.3) is 5.91 Å². The second-order valence-corrected chi connectivity index (χ2v) is 9.87. The van der Waals surface area contributed by atoms with Crippen molar-refractivity contribution in [1.82, 2.24) is 10.6 Å². The molecule has 34 heavy (non-hydrogen) atoms. The number of nitrogens with one attached hydrogen (secondary N) is 2. The van der Waals surface area contributed by atoms with Crippen LogP contribution in [0.2, 0.25) is 0 Å². The number of hydrogen-bond acceptors (Lipinski definition) is 3. The second kappa shape index (κ2) is 12.0. The van der Waals surface area contributed by atoms with Gasteiger partial charge in [-0.05, 0) is 55.7 Å². The van der Waals surface area contributed by atoms with Gasteiger partial charge in [0.15, 0.2) is 0 Å². The third kappa shape index (κ3) is 6.19. The third-order valence-corrected chi connectivity index (χ3v) is 7.53. The van der Waals surface area contributed by atoms with Crippen molar-refractivity contribution >= 4 is 17.5 Å². The summed E-state index contributed by atoms with van der Waals surface area (Å²) >= 11 is 0. The molecule has 182 valence electrons. The fourth-order valence-electron chi connectivity index (χ4n) is 5.49. The van der Waals surface area contributed by atoms with Crippen LogP contribution < -0.4 is 15.5 Å². The standard InChI is InChI=1S/C29H39N3O2/c1-2-25(23-13-7-4-8-14-23)29(34)31-24-17-19-32(20-18-24)27-16-10-9-15-26(27)28(33)30-21-22-11-5-3-6-12-22/h4,7-10,13-16,22,24-25H,2-3,5-6,11-12,17-21H2,1H3,(H,30,33)(H,31,34)/t25-/m1/s1. The summed E-state index contributed by atoms with van der Waals surface area (Å²) in [6.45, 7) is 4.51. The van der Waals surface area contributed by atoms with Crippen molar-refractivity contribution in [3.05, 3.63) is 65.7 Å². The fourth-order valence-corrected chi connectivity index (χ4v) is 5.49. The van der Waals surface area contributed by atoms with Gasteiger partial charge in [-0.15, -0.1) is 0 Å². The van der Waals surface area contributed by atoms with Crippen LogP contribution in [0.25, 0.3) is 0 Å². The first kappa shape index (κ1) is 24.3. The van der Waals surface area contributed by atoms with Crippen LogP contribution >= 0.6 is 0 Å². The lowest BCUT2D eigenvalue weighted by Crippen LogP contribution is -2.46. The number of benzene rings is 2. The van der Waals surface area contributed by atoms with E-state index in [1.165, 1.54) is 32.1 Å². The molecule has 1 saturated carbocycles. The molecule has 0 radical (unpaired) electrons. The monoisotopic (exact) mass is 461 g/mol. The summed E-state index contributed by atoms with van der Waals surface area (Å²) in [7, 11) is 0. The first-order valence-corrected chi connectivity index (χ1v) is 13.1. The van der Waals surface area contributed by atoms with Crippen molar-refractivity contribution in [2.75, 3.05) is 24.5 Å². The van der Waals surface area contributed by atoms with Gasteiger partial charge < -0.3 is 15.5 Å². The Balaban J connectivity index is 1.31. The van der Waals surface area contributed by atoms with E-state index < -0.39 is 0 Å². The highest BCUT2D eigenvalue weighted by Gasteiger charge is 2.26. The summed E-state index contributed by atoms with van der Waals surface area (Å²) in [5.41, 5.74) is 2.84. The van der Waals surface area contributed by atoms with Gasteiger partial charge in [-0.3, -0.25) is 9.59 Å². The van der Waals surface area contributed by atoms with Crippen LogP contribution in [0.4, 0.5) is 5.69 Å². The number of carbonyl (C=O) groups excluding carboxylic acids is 2. The molecule has 5 heteroatoms. The van der Waals surface area contributed by atoms with Crippen LogP contribution in [0.3, 0.4) is 0 Å². The summed E-state index contributed by atoms with van der Waals surface area (Å²) in [5.74, 6) is 0.666. The first-order chi connectivity index (χ1) is 16.7. The highest BCUT2D eigenvalue weighted by atomic mass is 16.2. The van der Waals surface area contributed by atoms with E-state index >= 15 is 0 Å². The van der Waals surface area contributed by atoms with E-state index in [0.29, 0.717) is 5.92 Å². The Labute approximate surface area is 204 Å². The molecule has 4 rings (SSSR count). The van der Waals surface area contributed by atoms with Crippen molar-refractivity contribution in [3.63, 3.8) is 0 Å². The zero-order chi connectivity index (χ0) is 23.8. The molecule has 1 aliphatic heterocycles. The molecule has 1 heterocycles. The van der Waals surface area contributed by atoms with Gasteiger partial charge in [0.2, 0.25) is 5.91 Å². The van der Waals surface area contributed by atoms with E-state index in [4.69, 9.17) is 0 Å². The molecule has 5 nitrogen and oxygen atoms in total. The lowest BCUT2D eigenvalue weighted by molar-refractivity contribution is -0.123. The van der Waals surface area contributed by atoms with Gasteiger partial charge in [-0.2, -0.15) is 0 Å². The number of nitrogens with zero attached hydrogens (tertiary/aromatic N) is 1. The molecule has 0 aromatic heterocycles. The highest BCUT2D eigenvalue weighted by molar-refractivity contribution is 5.99. The number of rotatable bonds is 8. The van der Waals surface area contributed by atoms with Crippen molar-refractivity contribution in [3.8, 4) is 0 Å². The molecule has 1 aliphatic carbocycles. The van der Waals surface area contributed by atoms with Gasteiger partial charge in [-0.1, -0.05) is 68.7 Å². The maximum Gasteiger partial charge on any atom is 0.253 e. The Bertz CT molecular complexity index is 931. The number of piperidine rings is 1. The van der Waals surface area contributed by atoms with Crippen LogP contribution in [0.5, 0.6) is 0 Å². The van der Waals surface area contributed by atoms with E-state index in [1.807, 2.05) is 48.5 Å². The van der Waals surface area contributed by atoms with E-state index in [-0.39, 0.29) is 23.8 Å². The van der Waals surface area contributed by atoms with Crippen molar-refractivity contribution in [1.29, 1.82) is 0 Å². The third-order valence-electron chi connectivity index (χ3n) is 7.53. The van der Waals surface area contributed by atoms with Crippen LogP contribution in [-0.2, 0) is 4.79 Å². The summed E-state index contributed by atoms with van der Waals surface area (Å²) in [6.07, 6.45) is 8.91. The molecule has 2 amide bonds. The number of anilines is 1. The predicted octanol–water partition coefficient (Wildman–Crippen LogP) is 5.28. The lowest BCUT2D eigenvalue weighted by Gasteiger charge is -2.35. The topological polar surface area (TPSA) is 61.4 Å². The molecular weight excluding hydrogens is 422 g/mol. The minimum atomic E-state index is -0.104. The number of carbonyl (C=O) groups is 2. The van der Waals surface area contributed by atoms with Gasteiger partial charge in [0.1, 0.15) is 0 Å². The van der Waals surface area contributed by atoms with Crippen molar-refractivity contribution in [2.45, 2.75) is 70.3 Å². The van der Waals surface area contributed by atoms with Gasteiger partial charge >= 0.3 is 0 Å². The molecule has 0 unspecified atom stereocenters. The summed E-state index contributed by atoms with van der Waals surface area (Å²) in [6, 6.07) is 18.2. The second-order valence-electron chi connectivity index (χ2n) is 9.87. The molecule has 0 spiro atoms. The lowest BCUT2D eigenvalue weighted by atomic mass is 9.89. The van der Waals surface area contributed by atoms with Crippen molar-refractivity contribution in [2.24, 2.45) is 5.92 Å². The Kier molecular flexibility index (Phi) is 8.62. The van der Waals surface area contributed by atoms with Crippen molar-refractivity contribution < 1.29 is 9.59 Å². The highest BCUT2D eigenvalue weighted by Crippen LogP contribution is 2.27. The number of hydrogen-bond donors (Lipinski definition) is 2. The maximum atomic E-state index is 13.0. The maximum absolute atomic E-state index is 13.0. The minimum absolute atomic E-state index is 0.0326. The molecule has 2 fully saturated rings. The Hall–Kier alpha value is -2.82. The summed E-state index contributed by atoms with van der Waals surface area (Å²) in [5, 5.41) is 6.48. The van der Waals surface area contributed by atoms with Gasteiger partial charge in [0, 0.05) is 31.4 Å². The number of amides is 2. The average Bonchev–Trinajstić information content (AvgIpc) is 2.89. The Morgan fingerprint density at radius 1 is 0.912 bits per heavy atom. The summed E-state index contributed by atoms with van der Waals surface area (Å²) < 4.78 is 0. The van der Waals surface area contributed by atoms with Crippen LogP contribution in [-0.4, -0.2) is 37.5 Å². The SMILES string of the molecule is CC[C@@H](C(=O)NC1CCN(c2ccccc2C(=O)NCC2CCCCC2)CC1)c1ccccc1. The Morgan fingerprint density at radius 3 is 2.29 bits per heavy atom. The predicted molar refractivity (Wildman–Crippen MR) is 138 cm³/mol. The molecule has 2 aromatic rings. The van der Waals surface area contributed by atoms with Crippen LogP contribution in [0.15, 0.2) is 54.6 Å². The number of para-hydroxylation sites is 1. The first-order valence-electron chi connectivity index (χ1n) is 13.1. The normalized spacial score (nSPS) is 18.3. The molecule has 2 aromatic carbocycles. The molecule has 1 atom stereocenters. The molecule has 2 aliphatic rings. The van der Waals surface area contributed by atoms with E-state index in [0.717, 1.165) is 55.7 Å². The zero-order valence-corrected chi connectivity index (χ0v) is 20.5. The van der Waals surface area contributed by atoms with Crippen LogP contribution in [0.1, 0.15) is 80.1 Å².